The third-order valence-corrected chi connectivity index (χ3v) is 5.79. The van der Waals surface area contributed by atoms with Crippen LogP contribution in [0.15, 0.2) is 4.42 Å². The molecule has 1 aromatic heterocycles. The molecule has 1 amide bonds. The highest BCUT2D eigenvalue weighted by molar-refractivity contribution is 5.85. The van der Waals surface area contributed by atoms with Gasteiger partial charge in [-0.15, -0.1) is 24.8 Å². The fraction of sp³-hybridized carbons (Fsp3) is 0.789. The summed E-state index contributed by atoms with van der Waals surface area (Å²) in [5, 5.41) is 3.46. The smallest absolute Gasteiger partial charge is 0.222 e. The van der Waals surface area contributed by atoms with Crippen LogP contribution in [0.3, 0.4) is 0 Å². The maximum absolute atomic E-state index is 12.6. The minimum Gasteiger partial charge on any atom is -0.444 e. The zero-order valence-electron chi connectivity index (χ0n) is 16.7. The third kappa shape index (κ3) is 6.63. The van der Waals surface area contributed by atoms with E-state index in [1.54, 1.807) is 0 Å². The van der Waals surface area contributed by atoms with Crippen LogP contribution in [0.4, 0.5) is 0 Å². The molecule has 6 nitrogen and oxygen atoms in total. The summed E-state index contributed by atoms with van der Waals surface area (Å²) in [7, 11) is 0. The molecule has 0 aliphatic carbocycles. The number of rotatable bonds is 5. The van der Waals surface area contributed by atoms with Gasteiger partial charge in [0.2, 0.25) is 11.8 Å². The van der Waals surface area contributed by atoms with Gasteiger partial charge in [-0.3, -0.25) is 9.69 Å². The number of amides is 1. The molecular formula is C19H34Cl2N4O2. The van der Waals surface area contributed by atoms with E-state index in [0.29, 0.717) is 24.2 Å². The van der Waals surface area contributed by atoms with Crippen LogP contribution in [0, 0.1) is 25.7 Å². The first-order valence-electron chi connectivity index (χ1n) is 9.66. The summed E-state index contributed by atoms with van der Waals surface area (Å²) in [6, 6.07) is 0. The van der Waals surface area contributed by atoms with Crippen LogP contribution in [0.1, 0.15) is 43.5 Å². The normalized spacial score (nSPS) is 21.9. The van der Waals surface area contributed by atoms with Gasteiger partial charge in [0.1, 0.15) is 5.76 Å². The minimum atomic E-state index is 0. The minimum absolute atomic E-state index is 0. The van der Waals surface area contributed by atoms with E-state index in [1.165, 1.54) is 12.8 Å². The van der Waals surface area contributed by atoms with Crippen molar-refractivity contribution in [2.45, 2.75) is 46.6 Å². The standard InChI is InChI=1S/C19H32N4O2.2ClH/c1-14(17-5-4-6-20-12-17)11-19(24)23-9-7-22(8-10-23)13-18-21-15(2)16(3)25-18;;/h14,17,20H,4-13H2,1-3H3;2*1H. The second kappa shape index (κ2) is 11.2. The summed E-state index contributed by atoms with van der Waals surface area (Å²) in [6.07, 6.45) is 3.18. The number of carbonyl (C=O) groups is 1. The van der Waals surface area contributed by atoms with Crippen molar-refractivity contribution >= 4 is 30.7 Å². The average Bonchev–Trinajstić information content (AvgIpc) is 2.93. The monoisotopic (exact) mass is 420 g/mol. The fourth-order valence-corrected chi connectivity index (χ4v) is 3.89. The van der Waals surface area contributed by atoms with Crippen LogP contribution in [0.25, 0.3) is 0 Å². The molecule has 27 heavy (non-hydrogen) atoms. The van der Waals surface area contributed by atoms with Gasteiger partial charge >= 0.3 is 0 Å². The lowest BCUT2D eigenvalue weighted by Gasteiger charge is -2.35. The van der Waals surface area contributed by atoms with Crippen molar-refractivity contribution in [3.05, 3.63) is 17.3 Å². The molecule has 2 atom stereocenters. The van der Waals surface area contributed by atoms with E-state index in [0.717, 1.165) is 63.2 Å². The van der Waals surface area contributed by atoms with E-state index < -0.39 is 0 Å². The second-order valence-corrected chi connectivity index (χ2v) is 7.69. The number of aryl methyl sites for hydroxylation is 2. The largest absolute Gasteiger partial charge is 0.444 e. The van der Waals surface area contributed by atoms with Crippen LogP contribution >= 0.6 is 24.8 Å². The number of carbonyl (C=O) groups excluding carboxylic acids is 1. The quantitative estimate of drug-likeness (QED) is 0.792. The van der Waals surface area contributed by atoms with Crippen molar-refractivity contribution in [3.63, 3.8) is 0 Å². The van der Waals surface area contributed by atoms with Crippen LogP contribution < -0.4 is 5.32 Å². The lowest BCUT2D eigenvalue weighted by Crippen LogP contribution is -2.49. The van der Waals surface area contributed by atoms with Gasteiger partial charge in [0.15, 0.2) is 0 Å². The maximum Gasteiger partial charge on any atom is 0.222 e. The van der Waals surface area contributed by atoms with Crippen LogP contribution in [0.5, 0.6) is 0 Å². The predicted molar refractivity (Wildman–Crippen MR) is 112 cm³/mol. The van der Waals surface area contributed by atoms with E-state index in [4.69, 9.17) is 4.42 Å². The van der Waals surface area contributed by atoms with Gasteiger partial charge in [-0.05, 0) is 51.6 Å². The number of nitrogens with one attached hydrogen (secondary N) is 1. The first-order chi connectivity index (χ1) is 12.0. The molecule has 3 heterocycles. The number of aromatic nitrogens is 1. The number of hydrogen-bond donors (Lipinski definition) is 1. The second-order valence-electron chi connectivity index (χ2n) is 7.69. The summed E-state index contributed by atoms with van der Waals surface area (Å²) >= 11 is 0. The molecule has 3 rings (SSSR count). The fourth-order valence-electron chi connectivity index (χ4n) is 3.89. The molecule has 0 aromatic carbocycles. The Morgan fingerprint density at radius 1 is 1.26 bits per heavy atom. The van der Waals surface area contributed by atoms with Crippen molar-refractivity contribution in [1.29, 1.82) is 0 Å². The van der Waals surface area contributed by atoms with Crippen LogP contribution in [-0.2, 0) is 11.3 Å². The number of halogens is 2. The zero-order valence-corrected chi connectivity index (χ0v) is 18.3. The van der Waals surface area contributed by atoms with E-state index in [9.17, 15) is 4.79 Å². The first-order valence-corrected chi connectivity index (χ1v) is 9.66. The lowest BCUT2D eigenvalue weighted by atomic mass is 9.85. The third-order valence-electron chi connectivity index (χ3n) is 5.79. The zero-order chi connectivity index (χ0) is 17.8. The summed E-state index contributed by atoms with van der Waals surface area (Å²) in [5.74, 6) is 3.12. The molecule has 2 aliphatic heterocycles. The average molecular weight is 421 g/mol. The topological polar surface area (TPSA) is 61.6 Å². The molecule has 8 heteroatoms. The first kappa shape index (κ1) is 24.2. The highest BCUT2D eigenvalue weighted by Crippen LogP contribution is 2.23. The Balaban J connectivity index is 0.00000182. The highest BCUT2D eigenvalue weighted by Gasteiger charge is 2.26. The Kier molecular flexibility index (Phi) is 10.1. The summed E-state index contributed by atoms with van der Waals surface area (Å²) in [5.41, 5.74) is 0.968. The number of oxazole rings is 1. The van der Waals surface area contributed by atoms with Gasteiger partial charge in [0.25, 0.3) is 0 Å². The summed E-state index contributed by atoms with van der Waals surface area (Å²) < 4.78 is 5.67. The number of nitrogens with zero attached hydrogens (tertiary/aromatic N) is 3. The van der Waals surface area contributed by atoms with Crippen molar-refractivity contribution in [2.75, 3.05) is 39.3 Å². The highest BCUT2D eigenvalue weighted by atomic mass is 35.5. The molecule has 0 bridgehead atoms. The molecule has 2 aliphatic rings. The molecule has 1 N–H and O–H groups in total. The number of piperidine rings is 1. The van der Waals surface area contributed by atoms with E-state index in [-0.39, 0.29) is 24.8 Å². The Bertz CT molecular complexity index is 563. The molecule has 0 radical (unpaired) electrons. The molecule has 1 aromatic rings. The molecule has 0 saturated carbocycles. The lowest BCUT2D eigenvalue weighted by molar-refractivity contribution is -0.134. The Labute approximate surface area is 175 Å². The predicted octanol–water partition coefficient (Wildman–Crippen LogP) is 2.81. The number of hydrogen-bond acceptors (Lipinski definition) is 5. The van der Waals surface area contributed by atoms with Gasteiger partial charge < -0.3 is 14.6 Å². The van der Waals surface area contributed by atoms with Crippen molar-refractivity contribution in [1.82, 2.24) is 20.1 Å². The van der Waals surface area contributed by atoms with Crippen molar-refractivity contribution in [2.24, 2.45) is 11.8 Å². The Morgan fingerprint density at radius 3 is 2.52 bits per heavy atom. The number of piperazine rings is 1. The summed E-state index contributed by atoms with van der Waals surface area (Å²) in [6.45, 7) is 12.5. The van der Waals surface area contributed by atoms with E-state index in [2.05, 4.69) is 22.1 Å². The van der Waals surface area contributed by atoms with Crippen molar-refractivity contribution in [3.8, 4) is 0 Å². The molecule has 2 saturated heterocycles. The van der Waals surface area contributed by atoms with Gasteiger partial charge in [-0.2, -0.15) is 0 Å². The Hall–Kier alpha value is -0.820. The molecule has 2 unspecified atom stereocenters. The van der Waals surface area contributed by atoms with Crippen LogP contribution in [0.2, 0.25) is 0 Å². The van der Waals surface area contributed by atoms with Gasteiger partial charge in [0, 0.05) is 32.6 Å². The molecule has 2 fully saturated rings. The molecule has 156 valence electrons. The van der Waals surface area contributed by atoms with E-state index >= 15 is 0 Å². The maximum atomic E-state index is 12.6. The van der Waals surface area contributed by atoms with Crippen molar-refractivity contribution < 1.29 is 9.21 Å². The van der Waals surface area contributed by atoms with E-state index in [1.807, 2.05) is 18.7 Å². The van der Waals surface area contributed by atoms with Gasteiger partial charge in [-0.25, -0.2) is 4.98 Å². The summed E-state index contributed by atoms with van der Waals surface area (Å²) in [4.78, 5) is 21.4. The van der Waals surface area contributed by atoms with Crippen LogP contribution in [-0.4, -0.2) is 60.0 Å². The molecule has 0 spiro atoms. The molecular weight excluding hydrogens is 387 g/mol. The SMILES string of the molecule is Cc1nc(CN2CCN(C(=O)CC(C)C3CCCNC3)CC2)oc1C.Cl.Cl. The van der Waals surface area contributed by atoms with Gasteiger partial charge in [-0.1, -0.05) is 6.92 Å². The van der Waals surface area contributed by atoms with Gasteiger partial charge in [0.05, 0.1) is 12.2 Å². The Morgan fingerprint density at radius 2 is 1.96 bits per heavy atom.